The molecule has 1 aliphatic rings. The molecule has 0 radical (unpaired) electrons. The van der Waals surface area contributed by atoms with Crippen molar-refractivity contribution >= 4 is 27.3 Å². The van der Waals surface area contributed by atoms with Crippen molar-refractivity contribution in [2.45, 2.75) is 11.3 Å². The molecule has 116 valence electrons. The Balaban J connectivity index is 2.14. The summed E-state index contributed by atoms with van der Waals surface area (Å²) in [4.78, 5) is -0.589. The largest absolute Gasteiger partial charge is 0.267 e. The first-order chi connectivity index (χ1) is 10.3. The first-order valence-electron chi connectivity index (χ1n) is 6.26. The van der Waals surface area contributed by atoms with E-state index >= 15 is 0 Å². The molecule has 2 aromatic carbocycles. The quantitative estimate of drug-likeness (QED) is 0.833. The van der Waals surface area contributed by atoms with Gasteiger partial charge >= 0.3 is 0 Å². The summed E-state index contributed by atoms with van der Waals surface area (Å²) in [7, 11) is -4.27. The van der Waals surface area contributed by atoms with Crippen LogP contribution in [0.25, 0.3) is 0 Å². The number of fused-ring (bicyclic) bond motifs is 1. The van der Waals surface area contributed by atoms with Crippen molar-refractivity contribution < 1.29 is 21.6 Å². The maximum absolute atomic E-state index is 13.9. The van der Waals surface area contributed by atoms with Crippen LogP contribution in [0.4, 0.5) is 18.9 Å². The molecule has 0 amide bonds. The van der Waals surface area contributed by atoms with E-state index < -0.39 is 32.4 Å². The highest BCUT2D eigenvalue weighted by atomic mass is 35.5. The Morgan fingerprint density at radius 3 is 2.45 bits per heavy atom. The van der Waals surface area contributed by atoms with Crippen LogP contribution in [0.15, 0.2) is 35.2 Å². The minimum atomic E-state index is -4.27. The molecular formula is C14H9ClF3NO2S. The average Bonchev–Trinajstić information content (AvgIpc) is 2.82. The van der Waals surface area contributed by atoms with Gasteiger partial charge in [0.15, 0.2) is 0 Å². The van der Waals surface area contributed by atoms with Crippen molar-refractivity contribution in [1.82, 2.24) is 0 Å². The molecule has 0 saturated heterocycles. The third-order valence-electron chi connectivity index (χ3n) is 3.43. The van der Waals surface area contributed by atoms with E-state index in [1.54, 1.807) is 0 Å². The van der Waals surface area contributed by atoms with E-state index in [-0.39, 0.29) is 29.2 Å². The highest BCUT2D eigenvalue weighted by Crippen LogP contribution is 2.36. The first-order valence-corrected chi connectivity index (χ1v) is 8.08. The minimum Gasteiger partial charge on any atom is -0.265 e. The second-order valence-electron chi connectivity index (χ2n) is 4.79. The van der Waals surface area contributed by atoms with Gasteiger partial charge in [0.25, 0.3) is 10.0 Å². The predicted octanol–water partition coefficient (Wildman–Crippen LogP) is 3.51. The Labute approximate surface area is 130 Å². The normalized spacial score (nSPS) is 14.3. The summed E-state index contributed by atoms with van der Waals surface area (Å²) in [5, 5.41) is 0.0513. The number of anilines is 1. The molecule has 0 aromatic heterocycles. The summed E-state index contributed by atoms with van der Waals surface area (Å²) >= 11 is 5.60. The first kappa shape index (κ1) is 15.2. The molecule has 0 bridgehead atoms. The van der Waals surface area contributed by atoms with E-state index in [9.17, 15) is 21.6 Å². The fourth-order valence-corrected chi connectivity index (χ4v) is 4.14. The van der Waals surface area contributed by atoms with Gasteiger partial charge in [-0.2, -0.15) is 0 Å². The lowest BCUT2D eigenvalue weighted by atomic mass is 10.1. The monoisotopic (exact) mass is 347 g/mol. The Morgan fingerprint density at radius 1 is 1.05 bits per heavy atom. The third kappa shape index (κ3) is 2.34. The fourth-order valence-electron chi connectivity index (χ4n) is 2.45. The molecule has 1 heterocycles. The van der Waals surface area contributed by atoms with Crippen LogP contribution in [0.3, 0.4) is 0 Å². The van der Waals surface area contributed by atoms with Crippen LogP contribution in [0, 0.1) is 17.5 Å². The van der Waals surface area contributed by atoms with E-state index in [0.29, 0.717) is 6.07 Å². The van der Waals surface area contributed by atoms with E-state index in [2.05, 4.69) is 0 Å². The Hall–Kier alpha value is -1.73. The van der Waals surface area contributed by atoms with Crippen LogP contribution in [0.1, 0.15) is 5.56 Å². The summed E-state index contributed by atoms with van der Waals surface area (Å²) in [5.41, 5.74) is -0.00815. The number of nitrogens with zero attached hydrogens (tertiary/aromatic N) is 1. The van der Waals surface area contributed by atoms with Crippen LogP contribution < -0.4 is 4.31 Å². The van der Waals surface area contributed by atoms with Crippen molar-refractivity contribution in [1.29, 1.82) is 0 Å². The zero-order chi connectivity index (χ0) is 16.1. The van der Waals surface area contributed by atoms with Crippen molar-refractivity contribution in [2.24, 2.45) is 0 Å². The molecule has 0 spiro atoms. The maximum Gasteiger partial charge on any atom is 0.267 e. The molecular weight excluding hydrogens is 339 g/mol. The van der Waals surface area contributed by atoms with Crippen LogP contribution in [0.2, 0.25) is 5.02 Å². The Morgan fingerprint density at radius 2 is 1.77 bits per heavy atom. The van der Waals surface area contributed by atoms with Crippen molar-refractivity contribution in [3.8, 4) is 0 Å². The summed E-state index contributed by atoms with van der Waals surface area (Å²) in [5.74, 6) is -2.72. The third-order valence-corrected chi connectivity index (χ3v) is 5.51. The maximum atomic E-state index is 13.9. The molecule has 1 aliphatic heterocycles. The molecule has 8 heteroatoms. The number of hydrogen-bond donors (Lipinski definition) is 0. The standard InChI is InChI=1S/C14H9ClF3NO2S/c15-8-1-2-14(12(18)5-8)22(20,21)19-4-3-10-11(17)6-9(16)7-13(10)19/h1-2,5-7H,3-4H2. The lowest BCUT2D eigenvalue weighted by Gasteiger charge is -2.20. The van der Waals surface area contributed by atoms with Gasteiger partial charge in [0.2, 0.25) is 0 Å². The van der Waals surface area contributed by atoms with Gasteiger partial charge in [0.1, 0.15) is 22.3 Å². The molecule has 0 saturated carbocycles. The fraction of sp³-hybridized carbons (Fsp3) is 0.143. The molecule has 22 heavy (non-hydrogen) atoms. The van der Waals surface area contributed by atoms with Crippen LogP contribution in [0.5, 0.6) is 0 Å². The number of rotatable bonds is 2. The molecule has 3 nitrogen and oxygen atoms in total. The van der Waals surface area contributed by atoms with Gasteiger partial charge < -0.3 is 0 Å². The van der Waals surface area contributed by atoms with Gasteiger partial charge in [-0.1, -0.05) is 11.6 Å². The highest BCUT2D eigenvalue weighted by Gasteiger charge is 2.34. The molecule has 2 aromatic rings. The zero-order valence-electron chi connectivity index (χ0n) is 11.0. The molecule has 3 rings (SSSR count). The molecule has 0 atom stereocenters. The highest BCUT2D eigenvalue weighted by molar-refractivity contribution is 7.92. The van der Waals surface area contributed by atoms with Crippen molar-refractivity contribution in [3.05, 3.63) is 58.4 Å². The lowest BCUT2D eigenvalue weighted by molar-refractivity contribution is 0.564. The van der Waals surface area contributed by atoms with Gasteiger partial charge in [-0.15, -0.1) is 0 Å². The summed E-state index contributed by atoms with van der Waals surface area (Å²) in [6, 6.07) is 4.76. The van der Waals surface area contributed by atoms with Gasteiger partial charge in [0.05, 0.1) is 5.69 Å². The van der Waals surface area contributed by atoms with Gasteiger partial charge in [0, 0.05) is 23.2 Å². The second-order valence-corrected chi connectivity index (χ2v) is 7.05. The van der Waals surface area contributed by atoms with Crippen LogP contribution in [-0.2, 0) is 16.4 Å². The zero-order valence-corrected chi connectivity index (χ0v) is 12.6. The summed E-state index contributed by atoms with van der Waals surface area (Å²) < 4.78 is 66.9. The number of benzene rings is 2. The van der Waals surface area contributed by atoms with E-state index in [4.69, 9.17) is 11.6 Å². The van der Waals surface area contributed by atoms with E-state index in [1.165, 1.54) is 6.07 Å². The number of halogens is 4. The van der Waals surface area contributed by atoms with E-state index in [1.807, 2.05) is 0 Å². The van der Waals surface area contributed by atoms with Gasteiger partial charge in [-0.05, 0) is 30.7 Å². The lowest BCUT2D eigenvalue weighted by Crippen LogP contribution is -2.29. The molecule has 0 aliphatic carbocycles. The van der Waals surface area contributed by atoms with Gasteiger partial charge in [-0.25, -0.2) is 21.6 Å². The summed E-state index contributed by atoms with van der Waals surface area (Å²) in [6.07, 6.45) is 0.0931. The topological polar surface area (TPSA) is 37.4 Å². The molecule has 0 N–H and O–H groups in total. The summed E-state index contributed by atoms with van der Waals surface area (Å²) in [6.45, 7) is -0.0832. The van der Waals surface area contributed by atoms with Crippen LogP contribution in [-0.4, -0.2) is 15.0 Å². The minimum absolute atomic E-state index is 0.0513. The van der Waals surface area contributed by atoms with Gasteiger partial charge in [-0.3, -0.25) is 4.31 Å². The number of sulfonamides is 1. The number of hydrogen-bond acceptors (Lipinski definition) is 2. The molecule has 0 unspecified atom stereocenters. The SMILES string of the molecule is O=S(=O)(c1ccc(Cl)cc1F)N1CCc2c(F)cc(F)cc21. The van der Waals surface area contributed by atoms with Crippen molar-refractivity contribution in [3.63, 3.8) is 0 Å². The smallest absolute Gasteiger partial charge is 0.265 e. The van der Waals surface area contributed by atoms with Crippen LogP contribution >= 0.6 is 11.6 Å². The Kier molecular flexibility index (Phi) is 3.57. The second kappa shape index (κ2) is 5.17. The predicted molar refractivity (Wildman–Crippen MR) is 76.0 cm³/mol. The Bertz CT molecular complexity index is 871. The van der Waals surface area contributed by atoms with Crippen molar-refractivity contribution in [2.75, 3.05) is 10.8 Å². The van der Waals surface area contributed by atoms with E-state index in [0.717, 1.165) is 22.5 Å². The molecule has 0 fully saturated rings. The average molecular weight is 348 g/mol.